The van der Waals surface area contributed by atoms with E-state index in [1.165, 1.54) is 69.2 Å². The Morgan fingerprint density at radius 2 is 1.87 bits per heavy atom. The lowest BCUT2D eigenvalue weighted by Crippen LogP contribution is -2.49. The van der Waals surface area contributed by atoms with Gasteiger partial charge in [0.05, 0.1) is 0 Å². The van der Waals surface area contributed by atoms with Crippen molar-refractivity contribution in [1.29, 1.82) is 0 Å². The molecule has 1 nitrogen and oxygen atoms in total. The lowest BCUT2D eigenvalue weighted by Gasteiger charge is -2.47. The highest BCUT2D eigenvalue weighted by Crippen LogP contribution is 2.50. The number of piperidine rings is 1. The van der Waals surface area contributed by atoms with E-state index in [0.29, 0.717) is 5.41 Å². The standard InChI is InChI=1S/C22H29N/c1-16-8-9-22(20-5-3-2-4-19(16)20)10-12-23(13-11-22)21-15-17-6-7-18(21)14-17/h2-5,8,17-18,21H,6-7,9-15H2,1H3/t17?,18-,21?/m1/s1. The van der Waals surface area contributed by atoms with Crippen molar-refractivity contribution in [3.63, 3.8) is 0 Å². The molecular weight excluding hydrogens is 278 g/mol. The third kappa shape index (κ3) is 2.16. The van der Waals surface area contributed by atoms with Crippen molar-refractivity contribution in [3.05, 3.63) is 41.5 Å². The van der Waals surface area contributed by atoms with Crippen LogP contribution in [0.3, 0.4) is 0 Å². The third-order valence-corrected chi connectivity index (χ3v) is 7.65. The summed E-state index contributed by atoms with van der Waals surface area (Å²) in [6.45, 7) is 4.94. The highest BCUT2D eigenvalue weighted by Gasteiger charge is 2.45. The first-order valence-corrected chi connectivity index (χ1v) is 9.76. The van der Waals surface area contributed by atoms with E-state index in [2.05, 4.69) is 42.2 Å². The molecule has 1 heteroatoms. The summed E-state index contributed by atoms with van der Waals surface area (Å²) in [6, 6.07) is 10.1. The number of hydrogen-bond donors (Lipinski definition) is 0. The van der Waals surface area contributed by atoms with E-state index in [1.54, 1.807) is 5.56 Å². The van der Waals surface area contributed by atoms with Gasteiger partial charge < -0.3 is 4.90 Å². The van der Waals surface area contributed by atoms with Crippen molar-refractivity contribution >= 4 is 5.57 Å². The van der Waals surface area contributed by atoms with Crippen LogP contribution in [0.1, 0.15) is 63.0 Å². The molecule has 4 aliphatic rings. The number of nitrogens with zero attached hydrogens (tertiary/aromatic N) is 1. The fraction of sp³-hybridized carbons (Fsp3) is 0.636. The Balaban J connectivity index is 1.37. The number of hydrogen-bond acceptors (Lipinski definition) is 1. The molecule has 0 amide bonds. The molecule has 0 aromatic heterocycles. The van der Waals surface area contributed by atoms with Gasteiger partial charge in [-0.2, -0.15) is 0 Å². The van der Waals surface area contributed by atoms with Crippen LogP contribution < -0.4 is 0 Å². The summed E-state index contributed by atoms with van der Waals surface area (Å²) in [4.78, 5) is 2.88. The van der Waals surface area contributed by atoms with Crippen LogP contribution in [-0.2, 0) is 5.41 Å². The van der Waals surface area contributed by atoms with Gasteiger partial charge in [-0.05, 0) is 87.1 Å². The highest BCUT2D eigenvalue weighted by molar-refractivity contribution is 5.70. The molecule has 1 aliphatic heterocycles. The Kier molecular flexibility index (Phi) is 3.23. The van der Waals surface area contributed by atoms with E-state index < -0.39 is 0 Å². The summed E-state index contributed by atoms with van der Waals surface area (Å²) < 4.78 is 0. The molecule has 0 radical (unpaired) electrons. The maximum atomic E-state index is 2.88. The van der Waals surface area contributed by atoms with Crippen LogP contribution in [0.5, 0.6) is 0 Å². The average molecular weight is 307 g/mol. The fourth-order valence-corrected chi connectivity index (χ4v) is 6.27. The molecule has 122 valence electrons. The predicted molar refractivity (Wildman–Crippen MR) is 96.4 cm³/mol. The number of allylic oxidation sites excluding steroid dienone is 2. The summed E-state index contributed by atoms with van der Waals surface area (Å²) in [6.07, 6.45) is 12.6. The Bertz CT molecular complexity index is 635. The van der Waals surface area contributed by atoms with E-state index in [9.17, 15) is 0 Å². The molecular formula is C22H29N. The Hall–Kier alpha value is -1.08. The van der Waals surface area contributed by atoms with Crippen LogP contribution in [0.2, 0.25) is 0 Å². The normalized spacial score (nSPS) is 35.3. The number of benzene rings is 1. The largest absolute Gasteiger partial charge is 0.300 e. The quantitative estimate of drug-likeness (QED) is 0.704. The van der Waals surface area contributed by atoms with Gasteiger partial charge in [0.1, 0.15) is 0 Å². The molecule has 3 fully saturated rings. The molecule has 1 heterocycles. The van der Waals surface area contributed by atoms with Gasteiger partial charge in [-0.1, -0.05) is 36.8 Å². The second-order valence-corrected chi connectivity index (χ2v) is 8.70. The molecule has 5 rings (SSSR count). The van der Waals surface area contributed by atoms with Crippen LogP contribution in [0.4, 0.5) is 0 Å². The molecule has 1 aromatic carbocycles. The lowest BCUT2D eigenvalue weighted by atomic mass is 9.65. The molecule has 2 bridgehead atoms. The number of fused-ring (bicyclic) bond motifs is 4. The minimum Gasteiger partial charge on any atom is -0.300 e. The zero-order chi connectivity index (χ0) is 15.4. The van der Waals surface area contributed by atoms with E-state index in [-0.39, 0.29) is 0 Å². The van der Waals surface area contributed by atoms with Gasteiger partial charge in [0.25, 0.3) is 0 Å². The van der Waals surface area contributed by atoms with Crippen molar-refractivity contribution in [1.82, 2.24) is 4.90 Å². The first kappa shape index (κ1) is 14.3. The molecule has 23 heavy (non-hydrogen) atoms. The highest BCUT2D eigenvalue weighted by atomic mass is 15.2. The summed E-state index contributed by atoms with van der Waals surface area (Å²) in [5.74, 6) is 2.11. The van der Waals surface area contributed by atoms with E-state index in [0.717, 1.165) is 17.9 Å². The van der Waals surface area contributed by atoms with Crippen molar-refractivity contribution in [3.8, 4) is 0 Å². The molecule has 1 saturated heterocycles. The second-order valence-electron chi connectivity index (χ2n) is 8.70. The van der Waals surface area contributed by atoms with Gasteiger partial charge in [-0.15, -0.1) is 0 Å². The zero-order valence-corrected chi connectivity index (χ0v) is 14.4. The first-order chi connectivity index (χ1) is 11.3. The van der Waals surface area contributed by atoms with Gasteiger partial charge in [0.15, 0.2) is 0 Å². The minimum atomic E-state index is 0.435. The van der Waals surface area contributed by atoms with Crippen molar-refractivity contribution < 1.29 is 0 Å². The van der Waals surface area contributed by atoms with E-state index in [4.69, 9.17) is 0 Å². The smallest absolute Gasteiger partial charge is 0.0126 e. The first-order valence-electron chi connectivity index (χ1n) is 9.76. The van der Waals surface area contributed by atoms with Crippen LogP contribution >= 0.6 is 0 Å². The summed E-state index contributed by atoms with van der Waals surface area (Å²) in [7, 11) is 0. The SMILES string of the molecule is CC1=CCC2(CCN(C3CC4CC[C@@H]3C4)CC2)c2ccccc21. The van der Waals surface area contributed by atoms with E-state index >= 15 is 0 Å². The van der Waals surface area contributed by atoms with Crippen molar-refractivity contribution in [2.45, 2.75) is 63.3 Å². The Labute approximate surface area is 140 Å². The van der Waals surface area contributed by atoms with Crippen molar-refractivity contribution in [2.75, 3.05) is 13.1 Å². The molecule has 3 atom stereocenters. The fourth-order valence-electron chi connectivity index (χ4n) is 6.27. The summed E-state index contributed by atoms with van der Waals surface area (Å²) >= 11 is 0. The monoisotopic (exact) mass is 307 g/mol. The van der Waals surface area contributed by atoms with Gasteiger partial charge in [0, 0.05) is 11.5 Å². The number of likely N-dealkylation sites (tertiary alicyclic amines) is 1. The topological polar surface area (TPSA) is 3.24 Å². The van der Waals surface area contributed by atoms with E-state index in [1.807, 2.05) is 0 Å². The predicted octanol–water partition coefficient (Wildman–Crippen LogP) is 5.02. The average Bonchev–Trinajstić information content (AvgIpc) is 3.23. The molecule has 1 aromatic rings. The molecule has 1 spiro atoms. The van der Waals surface area contributed by atoms with Crippen LogP contribution in [-0.4, -0.2) is 24.0 Å². The Morgan fingerprint density at radius 3 is 2.61 bits per heavy atom. The van der Waals surface area contributed by atoms with Gasteiger partial charge >= 0.3 is 0 Å². The van der Waals surface area contributed by atoms with Gasteiger partial charge in [-0.3, -0.25) is 0 Å². The third-order valence-electron chi connectivity index (χ3n) is 7.65. The Morgan fingerprint density at radius 1 is 1.04 bits per heavy atom. The zero-order valence-electron chi connectivity index (χ0n) is 14.4. The minimum absolute atomic E-state index is 0.435. The van der Waals surface area contributed by atoms with Crippen LogP contribution in [0.15, 0.2) is 30.3 Å². The number of rotatable bonds is 1. The molecule has 3 aliphatic carbocycles. The molecule has 2 unspecified atom stereocenters. The molecule has 2 saturated carbocycles. The molecule has 0 N–H and O–H groups in total. The summed E-state index contributed by atoms with van der Waals surface area (Å²) in [5.41, 5.74) is 5.09. The van der Waals surface area contributed by atoms with Gasteiger partial charge in [-0.25, -0.2) is 0 Å². The van der Waals surface area contributed by atoms with Crippen LogP contribution in [0.25, 0.3) is 5.57 Å². The van der Waals surface area contributed by atoms with Crippen molar-refractivity contribution in [2.24, 2.45) is 11.8 Å². The maximum Gasteiger partial charge on any atom is 0.0126 e. The summed E-state index contributed by atoms with van der Waals surface area (Å²) in [5, 5.41) is 0. The lowest BCUT2D eigenvalue weighted by molar-refractivity contribution is 0.0834. The van der Waals surface area contributed by atoms with Gasteiger partial charge in [0.2, 0.25) is 0 Å². The maximum absolute atomic E-state index is 2.88. The van der Waals surface area contributed by atoms with Crippen LogP contribution in [0, 0.1) is 11.8 Å². The second kappa shape index (κ2) is 5.21.